The fourth-order valence-corrected chi connectivity index (χ4v) is 6.22. The Labute approximate surface area is 180 Å². The number of fused-ring (bicyclic) bond motifs is 2. The zero-order valence-corrected chi connectivity index (χ0v) is 17.9. The van der Waals surface area contributed by atoms with Crippen LogP contribution in [0.3, 0.4) is 0 Å². The summed E-state index contributed by atoms with van der Waals surface area (Å²) in [6.07, 6.45) is 2.67. The molecule has 2 N–H and O–H groups in total. The predicted octanol–water partition coefficient (Wildman–Crippen LogP) is 5.10. The van der Waals surface area contributed by atoms with Gasteiger partial charge in [0.2, 0.25) is 0 Å². The summed E-state index contributed by atoms with van der Waals surface area (Å²) < 4.78 is 30.0. The Morgan fingerprint density at radius 3 is 3.00 bits per heavy atom. The lowest BCUT2D eigenvalue weighted by Crippen LogP contribution is -2.31. The first-order valence-electron chi connectivity index (χ1n) is 9.78. The standard InChI is InChI=1S/C21H20F2N4OS2/c1-11-12(3-5-27(11)6-7-28)16-8-13-15(2-4-24-21(13)30-16)26-19-14(22)9-17-20(18(19)23)25-10-29-17/h2,4,8-12,28H,3,5-7H2,1H3,(H,24,26)/t11-,12+/m0/s1. The number of nitrogens with zero attached hydrogens (tertiary/aromatic N) is 3. The highest BCUT2D eigenvalue weighted by molar-refractivity contribution is 7.18. The van der Waals surface area contributed by atoms with E-state index in [-0.39, 0.29) is 17.8 Å². The number of pyridine rings is 1. The van der Waals surface area contributed by atoms with Crippen molar-refractivity contribution in [1.29, 1.82) is 0 Å². The number of thiazole rings is 1. The molecular formula is C21H20F2N4OS2. The van der Waals surface area contributed by atoms with E-state index >= 15 is 0 Å². The van der Waals surface area contributed by atoms with Crippen LogP contribution in [0, 0.1) is 11.6 Å². The lowest BCUT2D eigenvalue weighted by Gasteiger charge is -2.23. The molecule has 156 valence electrons. The largest absolute Gasteiger partial charge is 0.395 e. The number of aliphatic hydroxyl groups is 1. The van der Waals surface area contributed by atoms with Gasteiger partial charge in [-0.1, -0.05) is 0 Å². The van der Waals surface area contributed by atoms with Crippen molar-refractivity contribution in [3.63, 3.8) is 0 Å². The molecule has 5 rings (SSSR count). The monoisotopic (exact) mass is 446 g/mol. The third-order valence-corrected chi connectivity index (χ3v) is 7.82. The van der Waals surface area contributed by atoms with Crippen LogP contribution in [0.15, 0.2) is 29.9 Å². The summed E-state index contributed by atoms with van der Waals surface area (Å²) in [6.45, 7) is 3.95. The number of anilines is 2. The second kappa shape index (κ2) is 7.81. The molecule has 0 amide bonds. The minimum atomic E-state index is -0.685. The van der Waals surface area contributed by atoms with Crippen LogP contribution in [-0.2, 0) is 0 Å². The van der Waals surface area contributed by atoms with E-state index in [9.17, 15) is 13.9 Å². The SMILES string of the molecule is C[C@H]1[C@H](c2cc3c(Nc4c(F)cc5scnc5c4F)ccnc3s2)CCN1CCO. The number of aromatic nitrogens is 2. The first-order valence-corrected chi connectivity index (χ1v) is 11.5. The Morgan fingerprint density at radius 1 is 1.30 bits per heavy atom. The maximum Gasteiger partial charge on any atom is 0.176 e. The summed E-state index contributed by atoms with van der Waals surface area (Å²) in [5.74, 6) is -0.979. The predicted molar refractivity (Wildman–Crippen MR) is 118 cm³/mol. The molecule has 1 aromatic carbocycles. The van der Waals surface area contributed by atoms with Crippen LogP contribution in [0.2, 0.25) is 0 Å². The van der Waals surface area contributed by atoms with Crippen molar-refractivity contribution in [3.05, 3.63) is 46.4 Å². The lowest BCUT2D eigenvalue weighted by molar-refractivity contribution is 0.188. The fraction of sp³-hybridized carbons (Fsp3) is 0.333. The van der Waals surface area contributed by atoms with Crippen molar-refractivity contribution in [3.8, 4) is 0 Å². The summed E-state index contributed by atoms with van der Waals surface area (Å²) in [5.41, 5.74) is 2.10. The normalized spacial score (nSPS) is 19.9. The molecule has 9 heteroatoms. The average molecular weight is 447 g/mol. The lowest BCUT2D eigenvalue weighted by atomic mass is 9.99. The van der Waals surface area contributed by atoms with Crippen LogP contribution < -0.4 is 5.32 Å². The van der Waals surface area contributed by atoms with E-state index in [2.05, 4.69) is 33.2 Å². The molecule has 30 heavy (non-hydrogen) atoms. The van der Waals surface area contributed by atoms with Crippen LogP contribution in [0.5, 0.6) is 0 Å². The van der Waals surface area contributed by atoms with Gasteiger partial charge < -0.3 is 10.4 Å². The van der Waals surface area contributed by atoms with Gasteiger partial charge in [-0.15, -0.1) is 22.7 Å². The van der Waals surface area contributed by atoms with E-state index in [0.29, 0.717) is 28.9 Å². The Bertz CT molecular complexity index is 1220. The van der Waals surface area contributed by atoms with Crippen molar-refractivity contribution in [2.24, 2.45) is 0 Å². The number of aliphatic hydroxyl groups excluding tert-OH is 1. The number of hydrogen-bond donors (Lipinski definition) is 2. The van der Waals surface area contributed by atoms with Crippen LogP contribution in [0.1, 0.15) is 24.1 Å². The smallest absolute Gasteiger partial charge is 0.176 e. The molecule has 3 aromatic heterocycles. The highest BCUT2D eigenvalue weighted by Crippen LogP contribution is 2.41. The Morgan fingerprint density at radius 2 is 2.17 bits per heavy atom. The summed E-state index contributed by atoms with van der Waals surface area (Å²) in [6, 6.07) is 5.45. The highest BCUT2D eigenvalue weighted by atomic mass is 32.1. The molecule has 4 heterocycles. The Balaban J connectivity index is 1.51. The van der Waals surface area contributed by atoms with Crippen molar-refractivity contribution in [2.75, 3.05) is 25.0 Å². The molecule has 0 spiro atoms. The molecule has 0 aliphatic carbocycles. The van der Waals surface area contributed by atoms with E-state index in [1.54, 1.807) is 23.6 Å². The van der Waals surface area contributed by atoms with E-state index in [1.807, 2.05) is 0 Å². The van der Waals surface area contributed by atoms with E-state index in [1.165, 1.54) is 27.8 Å². The number of benzene rings is 1. The summed E-state index contributed by atoms with van der Waals surface area (Å²) in [5, 5.41) is 13.1. The fourth-order valence-electron chi connectivity index (χ4n) is 4.26. The Hall–Kier alpha value is -2.20. The number of hydrogen-bond acceptors (Lipinski definition) is 7. The zero-order chi connectivity index (χ0) is 20.8. The quantitative estimate of drug-likeness (QED) is 0.447. The van der Waals surface area contributed by atoms with Gasteiger partial charge in [-0.25, -0.2) is 18.7 Å². The van der Waals surface area contributed by atoms with Gasteiger partial charge in [0.05, 0.1) is 22.5 Å². The maximum atomic E-state index is 14.9. The molecule has 0 saturated carbocycles. The van der Waals surface area contributed by atoms with E-state index in [4.69, 9.17) is 0 Å². The highest BCUT2D eigenvalue weighted by Gasteiger charge is 2.32. The number of nitrogens with one attached hydrogen (secondary N) is 1. The van der Waals surface area contributed by atoms with E-state index in [0.717, 1.165) is 23.2 Å². The number of rotatable bonds is 5. The maximum absolute atomic E-state index is 14.9. The molecule has 1 fully saturated rings. The van der Waals surface area contributed by atoms with Gasteiger partial charge in [0, 0.05) is 35.0 Å². The van der Waals surface area contributed by atoms with Crippen LogP contribution in [-0.4, -0.2) is 45.7 Å². The van der Waals surface area contributed by atoms with Gasteiger partial charge in [0.25, 0.3) is 0 Å². The molecule has 0 radical (unpaired) electrons. The number of halogens is 2. The summed E-state index contributed by atoms with van der Waals surface area (Å²) >= 11 is 2.82. The third kappa shape index (κ3) is 3.26. The van der Waals surface area contributed by atoms with Gasteiger partial charge in [-0.05, 0) is 38.1 Å². The van der Waals surface area contributed by atoms with Crippen molar-refractivity contribution < 1.29 is 13.9 Å². The Kier molecular flexibility index (Phi) is 5.14. The zero-order valence-electron chi connectivity index (χ0n) is 16.2. The number of likely N-dealkylation sites (tertiary alicyclic amines) is 1. The van der Waals surface area contributed by atoms with Gasteiger partial charge in [-0.3, -0.25) is 4.90 Å². The molecule has 1 saturated heterocycles. The summed E-state index contributed by atoms with van der Waals surface area (Å²) in [4.78, 5) is 12.8. The third-order valence-electron chi connectivity index (χ3n) is 5.87. The molecular weight excluding hydrogens is 426 g/mol. The second-order valence-corrected chi connectivity index (χ2v) is 9.44. The van der Waals surface area contributed by atoms with Crippen LogP contribution in [0.25, 0.3) is 20.4 Å². The van der Waals surface area contributed by atoms with Gasteiger partial charge in [-0.2, -0.15) is 0 Å². The van der Waals surface area contributed by atoms with Crippen molar-refractivity contribution in [1.82, 2.24) is 14.9 Å². The molecule has 0 unspecified atom stereocenters. The van der Waals surface area contributed by atoms with Crippen molar-refractivity contribution >= 4 is 54.5 Å². The molecule has 4 aromatic rings. The molecule has 1 aliphatic rings. The minimum Gasteiger partial charge on any atom is -0.395 e. The topological polar surface area (TPSA) is 61.3 Å². The van der Waals surface area contributed by atoms with Gasteiger partial charge >= 0.3 is 0 Å². The van der Waals surface area contributed by atoms with Gasteiger partial charge in [0.1, 0.15) is 16.0 Å². The summed E-state index contributed by atoms with van der Waals surface area (Å²) in [7, 11) is 0. The van der Waals surface area contributed by atoms with E-state index < -0.39 is 11.6 Å². The van der Waals surface area contributed by atoms with Crippen LogP contribution >= 0.6 is 22.7 Å². The van der Waals surface area contributed by atoms with Crippen LogP contribution in [0.4, 0.5) is 20.2 Å². The molecule has 5 nitrogen and oxygen atoms in total. The average Bonchev–Trinajstić information content (AvgIpc) is 3.44. The number of thiophene rings is 1. The second-order valence-electron chi connectivity index (χ2n) is 7.49. The van der Waals surface area contributed by atoms with Gasteiger partial charge in [0.15, 0.2) is 11.6 Å². The number of β-amino-alcohol motifs (C(OH)–C–C–N with tert-alkyl or cyclic N) is 1. The minimum absolute atomic E-state index is 0.152. The molecule has 2 atom stereocenters. The molecule has 0 bridgehead atoms. The van der Waals surface area contributed by atoms with Crippen molar-refractivity contribution in [2.45, 2.75) is 25.3 Å². The first-order chi connectivity index (χ1) is 14.6. The first kappa shape index (κ1) is 19.7. The molecule has 1 aliphatic heterocycles.